The summed E-state index contributed by atoms with van der Waals surface area (Å²) in [7, 11) is -3.45. The van der Waals surface area contributed by atoms with Crippen molar-refractivity contribution in [2.75, 3.05) is 24.6 Å². The molecule has 0 aromatic heterocycles. The van der Waals surface area contributed by atoms with Gasteiger partial charge in [-0.1, -0.05) is 12.1 Å². The van der Waals surface area contributed by atoms with Crippen LogP contribution in [0.1, 0.15) is 18.4 Å². The topological polar surface area (TPSA) is 74.7 Å². The number of carbonyl (C=O) groups is 1. The summed E-state index contributed by atoms with van der Waals surface area (Å²) in [5.41, 5.74) is -0.0903. The van der Waals surface area contributed by atoms with Crippen LogP contribution in [-0.4, -0.2) is 48.4 Å². The molecule has 1 aromatic carbocycles. The summed E-state index contributed by atoms with van der Waals surface area (Å²) in [6.07, 6.45) is 1.25. The number of sulfonamides is 1. The molecule has 1 N–H and O–H groups in total. The van der Waals surface area contributed by atoms with Crippen LogP contribution in [0.25, 0.3) is 0 Å². The Morgan fingerprint density at radius 3 is 2.19 bits per heavy atom. The molecular weight excluding hydrogens is 310 g/mol. The predicted octanol–water partition coefficient (Wildman–Crippen LogP) is 1.54. The van der Waals surface area contributed by atoms with Crippen LogP contribution in [0.5, 0.6) is 0 Å². The van der Waals surface area contributed by atoms with Crippen LogP contribution in [0.3, 0.4) is 0 Å². The standard InChI is InChI=1S/C14H17NO4S2/c16-13(17)14(5-6-14)11-1-3-12(4-2-11)21(18,19)15-7-9-20-10-8-15/h1-4H,5-10H2,(H,16,17). The quantitative estimate of drug-likeness (QED) is 0.908. The molecule has 21 heavy (non-hydrogen) atoms. The van der Waals surface area contributed by atoms with E-state index in [2.05, 4.69) is 0 Å². The maximum Gasteiger partial charge on any atom is 0.314 e. The van der Waals surface area contributed by atoms with E-state index in [9.17, 15) is 18.3 Å². The first-order chi connectivity index (χ1) is 9.97. The van der Waals surface area contributed by atoms with Gasteiger partial charge in [0, 0.05) is 24.6 Å². The molecule has 1 saturated carbocycles. The van der Waals surface area contributed by atoms with Crippen LogP contribution in [0.15, 0.2) is 29.2 Å². The summed E-state index contributed by atoms with van der Waals surface area (Å²) in [5, 5.41) is 9.26. The molecule has 1 aromatic rings. The summed E-state index contributed by atoms with van der Waals surface area (Å²) < 4.78 is 26.5. The van der Waals surface area contributed by atoms with Gasteiger partial charge in [0.15, 0.2) is 0 Å². The monoisotopic (exact) mass is 327 g/mol. The Hall–Kier alpha value is -1.05. The van der Waals surface area contributed by atoms with E-state index >= 15 is 0 Å². The molecule has 0 atom stereocenters. The van der Waals surface area contributed by atoms with E-state index in [4.69, 9.17) is 0 Å². The number of hydrogen-bond acceptors (Lipinski definition) is 4. The van der Waals surface area contributed by atoms with E-state index < -0.39 is 21.4 Å². The smallest absolute Gasteiger partial charge is 0.314 e. The van der Waals surface area contributed by atoms with Crippen molar-refractivity contribution in [1.82, 2.24) is 4.31 Å². The Kier molecular flexibility index (Phi) is 3.75. The molecule has 2 fully saturated rings. The fourth-order valence-corrected chi connectivity index (χ4v) is 5.21. The summed E-state index contributed by atoms with van der Waals surface area (Å²) >= 11 is 1.76. The van der Waals surface area contributed by atoms with E-state index in [-0.39, 0.29) is 4.90 Å². The fourth-order valence-electron chi connectivity index (χ4n) is 2.63. The average molecular weight is 327 g/mol. The van der Waals surface area contributed by atoms with Crippen molar-refractivity contribution in [2.45, 2.75) is 23.2 Å². The lowest BCUT2D eigenvalue weighted by molar-refractivity contribution is -0.140. The van der Waals surface area contributed by atoms with Gasteiger partial charge in [0.25, 0.3) is 0 Å². The summed E-state index contributed by atoms with van der Waals surface area (Å²) in [6.45, 7) is 1.07. The number of aliphatic carboxylic acids is 1. The van der Waals surface area contributed by atoms with E-state index in [0.29, 0.717) is 31.5 Å². The molecule has 2 aliphatic rings. The zero-order valence-corrected chi connectivity index (χ0v) is 13.1. The van der Waals surface area contributed by atoms with Crippen molar-refractivity contribution in [3.63, 3.8) is 0 Å². The molecule has 0 unspecified atom stereocenters. The summed E-state index contributed by atoms with van der Waals surface area (Å²) in [5.74, 6) is 0.810. The number of carboxylic acids is 1. The first kappa shape index (κ1) is 14.9. The van der Waals surface area contributed by atoms with Crippen LogP contribution in [0.4, 0.5) is 0 Å². The normalized spacial score (nSPS) is 21.9. The van der Waals surface area contributed by atoms with Crippen molar-refractivity contribution in [3.8, 4) is 0 Å². The number of hydrogen-bond donors (Lipinski definition) is 1. The predicted molar refractivity (Wildman–Crippen MR) is 81.1 cm³/mol. The number of benzene rings is 1. The highest BCUT2D eigenvalue weighted by Gasteiger charge is 2.51. The first-order valence-corrected chi connectivity index (χ1v) is 9.48. The molecule has 0 bridgehead atoms. The second-order valence-corrected chi connectivity index (χ2v) is 8.59. The van der Waals surface area contributed by atoms with Gasteiger partial charge in [0.2, 0.25) is 10.0 Å². The van der Waals surface area contributed by atoms with Crippen LogP contribution in [-0.2, 0) is 20.2 Å². The van der Waals surface area contributed by atoms with Crippen molar-refractivity contribution in [3.05, 3.63) is 29.8 Å². The van der Waals surface area contributed by atoms with Crippen LogP contribution < -0.4 is 0 Å². The molecule has 1 saturated heterocycles. The third-order valence-corrected chi connectivity index (χ3v) is 7.03. The van der Waals surface area contributed by atoms with Crippen molar-refractivity contribution >= 4 is 27.8 Å². The molecule has 0 radical (unpaired) electrons. The van der Waals surface area contributed by atoms with Crippen LogP contribution in [0.2, 0.25) is 0 Å². The lowest BCUT2D eigenvalue weighted by Crippen LogP contribution is -2.37. The Labute approximate surface area is 128 Å². The molecular formula is C14H17NO4S2. The molecule has 0 spiro atoms. The van der Waals surface area contributed by atoms with Gasteiger partial charge in [-0.25, -0.2) is 8.42 Å². The first-order valence-electron chi connectivity index (χ1n) is 6.89. The number of nitrogens with zero attached hydrogens (tertiary/aromatic N) is 1. The van der Waals surface area contributed by atoms with Gasteiger partial charge in [-0.15, -0.1) is 0 Å². The highest BCUT2D eigenvalue weighted by molar-refractivity contribution is 7.99. The highest BCUT2D eigenvalue weighted by Crippen LogP contribution is 2.48. The number of thioether (sulfide) groups is 1. The third-order valence-electron chi connectivity index (χ3n) is 4.17. The van der Waals surface area contributed by atoms with Gasteiger partial charge in [-0.2, -0.15) is 16.1 Å². The van der Waals surface area contributed by atoms with Crippen LogP contribution in [0, 0.1) is 0 Å². The minimum atomic E-state index is -3.45. The Balaban J connectivity index is 1.85. The van der Waals surface area contributed by atoms with E-state index in [1.807, 2.05) is 0 Å². The van der Waals surface area contributed by atoms with Crippen molar-refractivity contribution in [2.24, 2.45) is 0 Å². The lowest BCUT2D eigenvalue weighted by Gasteiger charge is -2.25. The van der Waals surface area contributed by atoms with E-state index in [1.54, 1.807) is 23.9 Å². The zero-order chi connectivity index (χ0) is 15.1. The minimum Gasteiger partial charge on any atom is -0.481 e. The molecule has 3 rings (SSSR count). The van der Waals surface area contributed by atoms with E-state index in [1.165, 1.54) is 16.4 Å². The lowest BCUT2D eigenvalue weighted by atomic mass is 9.96. The molecule has 114 valence electrons. The van der Waals surface area contributed by atoms with Gasteiger partial charge in [-0.3, -0.25) is 4.79 Å². The average Bonchev–Trinajstić information content (AvgIpc) is 3.30. The van der Waals surface area contributed by atoms with Gasteiger partial charge >= 0.3 is 5.97 Å². The number of carboxylic acid groups (broad SMARTS) is 1. The van der Waals surface area contributed by atoms with Gasteiger partial charge in [0.1, 0.15) is 0 Å². The van der Waals surface area contributed by atoms with Gasteiger partial charge in [-0.05, 0) is 30.5 Å². The maximum atomic E-state index is 12.5. The largest absolute Gasteiger partial charge is 0.481 e. The van der Waals surface area contributed by atoms with E-state index in [0.717, 1.165) is 11.5 Å². The fraction of sp³-hybridized carbons (Fsp3) is 0.500. The Morgan fingerprint density at radius 2 is 1.71 bits per heavy atom. The van der Waals surface area contributed by atoms with Gasteiger partial charge < -0.3 is 5.11 Å². The molecule has 1 aliphatic heterocycles. The molecule has 0 amide bonds. The minimum absolute atomic E-state index is 0.249. The Morgan fingerprint density at radius 1 is 1.14 bits per heavy atom. The highest BCUT2D eigenvalue weighted by atomic mass is 32.2. The summed E-state index contributed by atoms with van der Waals surface area (Å²) in [4.78, 5) is 11.5. The molecule has 5 nitrogen and oxygen atoms in total. The Bertz CT molecular complexity index is 644. The molecule has 1 aliphatic carbocycles. The second-order valence-electron chi connectivity index (χ2n) is 5.43. The van der Waals surface area contributed by atoms with Crippen molar-refractivity contribution < 1.29 is 18.3 Å². The second kappa shape index (κ2) is 5.30. The molecule has 7 heteroatoms. The molecule has 1 heterocycles. The van der Waals surface area contributed by atoms with Gasteiger partial charge in [0.05, 0.1) is 10.3 Å². The SMILES string of the molecule is O=C(O)C1(c2ccc(S(=O)(=O)N3CCSCC3)cc2)CC1. The summed E-state index contributed by atoms with van der Waals surface area (Å²) in [6, 6.07) is 6.37. The maximum absolute atomic E-state index is 12.5. The van der Waals surface area contributed by atoms with Crippen LogP contribution >= 0.6 is 11.8 Å². The zero-order valence-electron chi connectivity index (χ0n) is 11.5. The van der Waals surface area contributed by atoms with Crippen molar-refractivity contribution in [1.29, 1.82) is 0 Å². The third kappa shape index (κ3) is 2.58. The number of rotatable bonds is 4.